The third-order valence-electron chi connectivity index (χ3n) is 4.86. The van der Waals surface area contributed by atoms with Gasteiger partial charge in [0, 0.05) is 17.0 Å². The van der Waals surface area contributed by atoms with Gasteiger partial charge < -0.3 is 0 Å². The van der Waals surface area contributed by atoms with Gasteiger partial charge in [-0.15, -0.1) is 11.8 Å². The topological polar surface area (TPSA) is 83.6 Å². The molecule has 2 aromatic rings. The molecule has 2 amide bonds. The molecule has 1 fully saturated rings. The van der Waals surface area contributed by atoms with Crippen molar-refractivity contribution in [2.24, 2.45) is 0 Å². The first-order chi connectivity index (χ1) is 12.4. The predicted molar refractivity (Wildman–Crippen MR) is 96.8 cm³/mol. The maximum absolute atomic E-state index is 13.2. The Bertz CT molecular complexity index is 1020. The van der Waals surface area contributed by atoms with Crippen LogP contribution in [0, 0.1) is 0 Å². The molecule has 0 bridgehead atoms. The molecule has 1 atom stereocenters. The van der Waals surface area contributed by atoms with Crippen LogP contribution in [0.15, 0.2) is 58.3 Å². The van der Waals surface area contributed by atoms with Gasteiger partial charge in [-0.25, -0.2) is 8.42 Å². The summed E-state index contributed by atoms with van der Waals surface area (Å²) in [6, 6.07) is 13.9. The van der Waals surface area contributed by atoms with E-state index in [9.17, 15) is 18.0 Å². The van der Waals surface area contributed by atoms with E-state index in [-0.39, 0.29) is 17.9 Å². The number of hydrogen-bond acceptors (Lipinski definition) is 5. The Morgan fingerprint density at radius 1 is 1.12 bits per heavy atom. The minimum absolute atomic E-state index is 0.0202. The Morgan fingerprint density at radius 2 is 1.81 bits per heavy atom. The molecule has 2 aliphatic heterocycles. The van der Waals surface area contributed by atoms with E-state index < -0.39 is 27.4 Å². The summed E-state index contributed by atoms with van der Waals surface area (Å²) >= 11 is 1.59. The van der Waals surface area contributed by atoms with Gasteiger partial charge in [0.15, 0.2) is 5.54 Å². The van der Waals surface area contributed by atoms with E-state index in [1.165, 1.54) is 10.4 Å². The largest absolute Gasteiger partial charge is 0.294 e. The summed E-state index contributed by atoms with van der Waals surface area (Å²) in [4.78, 5) is 25.8. The van der Waals surface area contributed by atoms with Crippen LogP contribution in [0.25, 0.3) is 0 Å². The molecule has 0 aromatic heterocycles. The van der Waals surface area contributed by atoms with Gasteiger partial charge >= 0.3 is 0 Å². The second kappa shape index (κ2) is 5.94. The molecule has 2 aromatic carbocycles. The predicted octanol–water partition coefficient (Wildman–Crippen LogP) is 1.85. The van der Waals surface area contributed by atoms with Gasteiger partial charge in [0.1, 0.15) is 0 Å². The van der Waals surface area contributed by atoms with Crippen LogP contribution in [0.3, 0.4) is 0 Å². The smallest absolute Gasteiger partial charge is 0.253 e. The van der Waals surface area contributed by atoms with Crippen molar-refractivity contribution in [1.29, 1.82) is 0 Å². The van der Waals surface area contributed by atoms with E-state index in [0.29, 0.717) is 5.56 Å². The van der Waals surface area contributed by atoms with Gasteiger partial charge in [-0.05, 0) is 30.0 Å². The molecule has 26 heavy (non-hydrogen) atoms. The van der Waals surface area contributed by atoms with Gasteiger partial charge in [-0.1, -0.05) is 30.3 Å². The van der Waals surface area contributed by atoms with Crippen LogP contribution >= 0.6 is 11.8 Å². The highest BCUT2D eigenvalue weighted by molar-refractivity contribution is 7.98. The first-order valence-electron chi connectivity index (χ1n) is 7.99. The summed E-state index contributed by atoms with van der Waals surface area (Å²) < 4.78 is 27.5. The second-order valence-electron chi connectivity index (χ2n) is 6.27. The standard InChI is InChI=1S/C18H16N2O4S2/c1-25-13-8-6-12(7-9-13)11-20-18(10-16(21)19-17(18)22)14-4-2-3-5-15(14)26(20,23)24/h2-9H,10-11H2,1H3,(H,19,21,22). The maximum atomic E-state index is 13.2. The first kappa shape index (κ1) is 17.3. The molecular weight excluding hydrogens is 372 g/mol. The first-order valence-corrected chi connectivity index (χ1v) is 10.7. The average molecular weight is 388 g/mol. The Labute approximate surface area is 155 Å². The third kappa shape index (κ3) is 2.33. The zero-order valence-corrected chi connectivity index (χ0v) is 15.6. The molecule has 1 N–H and O–H groups in total. The number of nitrogens with one attached hydrogen (secondary N) is 1. The normalized spacial score (nSPS) is 24.0. The van der Waals surface area contributed by atoms with E-state index in [0.717, 1.165) is 10.5 Å². The fraction of sp³-hybridized carbons (Fsp3) is 0.222. The minimum Gasteiger partial charge on any atom is -0.294 e. The van der Waals surface area contributed by atoms with Crippen LogP contribution in [-0.2, 0) is 31.7 Å². The number of benzene rings is 2. The minimum atomic E-state index is -3.89. The molecular formula is C18H16N2O4S2. The van der Waals surface area contributed by atoms with Gasteiger partial charge in [-0.3, -0.25) is 14.9 Å². The van der Waals surface area contributed by atoms with Crippen LogP contribution in [0.1, 0.15) is 17.5 Å². The number of carbonyl (C=O) groups excluding carboxylic acids is 2. The van der Waals surface area contributed by atoms with E-state index in [1.807, 2.05) is 30.5 Å². The monoisotopic (exact) mass is 388 g/mol. The van der Waals surface area contributed by atoms with Crippen molar-refractivity contribution < 1.29 is 18.0 Å². The number of imide groups is 1. The number of nitrogens with zero attached hydrogens (tertiary/aromatic N) is 1. The lowest BCUT2D eigenvalue weighted by atomic mass is 9.88. The fourth-order valence-corrected chi connectivity index (χ4v) is 6.00. The highest BCUT2D eigenvalue weighted by Gasteiger charge is 2.62. The van der Waals surface area contributed by atoms with Crippen LogP contribution in [0.2, 0.25) is 0 Å². The van der Waals surface area contributed by atoms with E-state index in [4.69, 9.17) is 0 Å². The van der Waals surface area contributed by atoms with Gasteiger partial charge in [0.25, 0.3) is 5.91 Å². The van der Waals surface area contributed by atoms with Crippen LogP contribution < -0.4 is 5.32 Å². The number of rotatable bonds is 3. The summed E-state index contributed by atoms with van der Waals surface area (Å²) in [6.45, 7) is 0.0202. The summed E-state index contributed by atoms with van der Waals surface area (Å²) in [5.74, 6) is -1.05. The Morgan fingerprint density at radius 3 is 2.42 bits per heavy atom. The van der Waals surface area contributed by atoms with Crippen molar-refractivity contribution in [3.05, 3.63) is 59.7 Å². The van der Waals surface area contributed by atoms with Gasteiger partial charge in [-0.2, -0.15) is 4.31 Å². The molecule has 6 nitrogen and oxygen atoms in total. The molecule has 2 aliphatic rings. The highest BCUT2D eigenvalue weighted by Crippen LogP contribution is 2.49. The van der Waals surface area contributed by atoms with Crippen LogP contribution in [-0.4, -0.2) is 30.8 Å². The van der Waals surface area contributed by atoms with Gasteiger partial charge in [0.2, 0.25) is 15.9 Å². The zero-order valence-electron chi connectivity index (χ0n) is 13.9. The molecule has 1 unspecified atom stereocenters. The van der Waals surface area contributed by atoms with Crippen molar-refractivity contribution in [2.75, 3.05) is 6.26 Å². The number of amides is 2. The second-order valence-corrected chi connectivity index (χ2v) is 8.98. The van der Waals surface area contributed by atoms with Crippen LogP contribution in [0.5, 0.6) is 0 Å². The molecule has 2 heterocycles. The summed E-state index contributed by atoms with van der Waals surface area (Å²) in [7, 11) is -3.89. The van der Waals surface area contributed by atoms with Crippen molar-refractivity contribution in [2.45, 2.75) is 28.3 Å². The lowest BCUT2D eigenvalue weighted by Gasteiger charge is -2.30. The lowest BCUT2D eigenvalue weighted by Crippen LogP contribution is -2.48. The molecule has 1 saturated heterocycles. The fourth-order valence-electron chi connectivity index (χ4n) is 3.61. The number of carbonyl (C=O) groups is 2. The van der Waals surface area contributed by atoms with E-state index in [2.05, 4.69) is 5.32 Å². The maximum Gasteiger partial charge on any atom is 0.253 e. The van der Waals surface area contributed by atoms with Crippen LogP contribution in [0.4, 0.5) is 0 Å². The Kier molecular flexibility index (Phi) is 3.94. The summed E-state index contributed by atoms with van der Waals surface area (Å²) in [6.07, 6.45) is 1.75. The summed E-state index contributed by atoms with van der Waals surface area (Å²) in [5, 5.41) is 2.27. The molecule has 0 aliphatic carbocycles. The van der Waals surface area contributed by atoms with E-state index >= 15 is 0 Å². The van der Waals surface area contributed by atoms with Gasteiger partial charge in [0.05, 0.1) is 11.3 Å². The molecule has 4 rings (SSSR count). The van der Waals surface area contributed by atoms with Crippen molar-refractivity contribution >= 4 is 33.6 Å². The molecule has 1 spiro atoms. The molecule has 134 valence electrons. The lowest BCUT2D eigenvalue weighted by molar-refractivity contribution is -0.128. The number of thioether (sulfide) groups is 1. The van der Waals surface area contributed by atoms with Crippen molar-refractivity contribution in [3.8, 4) is 0 Å². The van der Waals surface area contributed by atoms with E-state index in [1.54, 1.807) is 30.0 Å². The SMILES string of the molecule is CSc1ccc(CN2C3(CC(=O)NC3=O)c3ccccc3S2(=O)=O)cc1. The molecule has 0 saturated carbocycles. The van der Waals surface area contributed by atoms with Crippen molar-refractivity contribution in [3.63, 3.8) is 0 Å². The highest BCUT2D eigenvalue weighted by atomic mass is 32.2. The zero-order chi connectivity index (χ0) is 18.5. The van der Waals surface area contributed by atoms with Crippen molar-refractivity contribution in [1.82, 2.24) is 9.62 Å². The molecule has 8 heteroatoms. The number of fused-ring (bicyclic) bond motifs is 2. The number of sulfonamides is 1. The Balaban J connectivity index is 1.86. The average Bonchev–Trinajstić information content (AvgIpc) is 3.03. The Hall–Kier alpha value is -2.16. The summed E-state index contributed by atoms with van der Waals surface area (Å²) in [5.41, 5.74) is -0.389. The molecule has 0 radical (unpaired) electrons. The third-order valence-corrected chi connectivity index (χ3v) is 7.53. The quantitative estimate of drug-likeness (QED) is 0.641. The number of hydrogen-bond donors (Lipinski definition) is 1.